The normalized spacial score (nSPS) is 16.1. The van der Waals surface area contributed by atoms with Crippen LogP contribution in [-0.2, 0) is 0 Å². The Balaban J connectivity index is 1.06. The molecule has 1 aliphatic rings. The van der Waals surface area contributed by atoms with E-state index >= 15 is 0 Å². The zero-order valence-electron chi connectivity index (χ0n) is 20.3. The van der Waals surface area contributed by atoms with Gasteiger partial charge in [-0.1, -0.05) is 54.6 Å². The number of hydrogen-bond acceptors (Lipinski definition) is 7. The minimum absolute atomic E-state index is 0.193. The zero-order valence-corrected chi connectivity index (χ0v) is 20.3. The molecular weight excluding hydrogens is 454 g/mol. The lowest BCUT2D eigenvalue weighted by Gasteiger charge is -2.33. The summed E-state index contributed by atoms with van der Waals surface area (Å²) in [6.07, 6.45) is 1.58. The lowest BCUT2D eigenvalue weighted by molar-refractivity contribution is 0.0597. The summed E-state index contributed by atoms with van der Waals surface area (Å²) in [5.41, 5.74) is 2.05. The molecule has 184 valence electrons. The summed E-state index contributed by atoms with van der Waals surface area (Å²) in [5, 5.41) is 22.1. The smallest absolute Gasteiger partial charge is 0.283 e. The van der Waals surface area contributed by atoms with E-state index < -0.39 is 6.10 Å². The van der Waals surface area contributed by atoms with Crippen molar-refractivity contribution in [2.45, 2.75) is 31.8 Å². The van der Waals surface area contributed by atoms with Crippen LogP contribution in [0.4, 0.5) is 0 Å². The van der Waals surface area contributed by atoms with Crippen molar-refractivity contribution in [2.24, 2.45) is 0 Å². The van der Waals surface area contributed by atoms with Gasteiger partial charge >= 0.3 is 0 Å². The third-order valence-corrected chi connectivity index (χ3v) is 7.00. The van der Waals surface area contributed by atoms with Crippen molar-refractivity contribution in [3.05, 3.63) is 78.2 Å². The molecule has 1 atom stereocenters. The second kappa shape index (κ2) is 9.76. The summed E-state index contributed by atoms with van der Waals surface area (Å²) in [6, 6.07) is 22.8. The van der Waals surface area contributed by atoms with Crippen LogP contribution >= 0.6 is 0 Å². The lowest BCUT2D eigenvalue weighted by atomic mass is 9.86. The van der Waals surface area contributed by atoms with Crippen LogP contribution in [0.25, 0.3) is 33.4 Å². The fourth-order valence-corrected chi connectivity index (χ4v) is 5.22. The molecule has 36 heavy (non-hydrogen) atoms. The SMILES string of the molecule is Cc1nnc(-c2cc3cccc(OCC(O)CN4CCC(c5cccc6ccccc56)CC4)c3o2)o1. The van der Waals surface area contributed by atoms with Crippen molar-refractivity contribution >= 4 is 21.7 Å². The highest BCUT2D eigenvalue weighted by atomic mass is 16.5. The Morgan fingerprint density at radius 2 is 1.75 bits per heavy atom. The Morgan fingerprint density at radius 3 is 2.58 bits per heavy atom. The molecule has 1 aliphatic heterocycles. The summed E-state index contributed by atoms with van der Waals surface area (Å²) in [6.45, 7) is 4.44. The maximum atomic E-state index is 10.7. The molecule has 3 aromatic carbocycles. The van der Waals surface area contributed by atoms with Crippen molar-refractivity contribution in [1.29, 1.82) is 0 Å². The van der Waals surface area contributed by atoms with Gasteiger partial charge in [0.1, 0.15) is 12.7 Å². The first-order valence-corrected chi connectivity index (χ1v) is 12.5. The van der Waals surface area contributed by atoms with Crippen LogP contribution < -0.4 is 4.74 Å². The highest BCUT2D eigenvalue weighted by Crippen LogP contribution is 2.34. The van der Waals surface area contributed by atoms with E-state index in [2.05, 4.69) is 57.6 Å². The number of likely N-dealkylation sites (tertiary alicyclic amines) is 1. The summed E-state index contributed by atoms with van der Waals surface area (Å²) in [7, 11) is 0. The largest absolute Gasteiger partial charge is 0.487 e. The van der Waals surface area contributed by atoms with Crippen LogP contribution in [0.2, 0.25) is 0 Å². The molecule has 1 unspecified atom stereocenters. The Labute approximate surface area is 209 Å². The number of ether oxygens (including phenoxy) is 1. The monoisotopic (exact) mass is 483 g/mol. The molecule has 1 saturated heterocycles. The van der Waals surface area contributed by atoms with E-state index in [1.165, 1.54) is 16.3 Å². The molecule has 0 amide bonds. The van der Waals surface area contributed by atoms with E-state index in [1.54, 1.807) is 6.92 Å². The van der Waals surface area contributed by atoms with Gasteiger partial charge in [0.2, 0.25) is 5.89 Å². The van der Waals surface area contributed by atoms with Gasteiger partial charge in [-0.05, 0) is 60.3 Å². The minimum Gasteiger partial charge on any atom is -0.487 e. The van der Waals surface area contributed by atoms with Crippen LogP contribution in [0.1, 0.15) is 30.2 Å². The second-order valence-corrected chi connectivity index (χ2v) is 9.52. The number of aliphatic hydroxyl groups excluding tert-OH is 1. The molecule has 1 fully saturated rings. The fraction of sp³-hybridized carbons (Fsp3) is 0.310. The summed E-state index contributed by atoms with van der Waals surface area (Å²) in [5.74, 6) is 2.45. The third kappa shape index (κ3) is 4.59. The van der Waals surface area contributed by atoms with Crippen molar-refractivity contribution in [2.75, 3.05) is 26.2 Å². The van der Waals surface area contributed by atoms with Crippen molar-refractivity contribution < 1.29 is 18.7 Å². The number of aromatic nitrogens is 2. The van der Waals surface area contributed by atoms with Gasteiger partial charge in [0, 0.05) is 18.9 Å². The number of piperidine rings is 1. The molecule has 0 radical (unpaired) electrons. The number of hydrogen-bond donors (Lipinski definition) is 1. The Kier molecular flexibility index (Phi) is 6.17. The zero-order chi connectivity index (χ0) is 24.5. The number of rotatable bonds is 7. The predicted octanol–water partition coefficient (Wildman–Crippen LogP) is 5.56. The number of furan rings is 1. The maximum absolute atomic E-state index is 10.7. The van der Waals surface area contributed by atoms with E-state index in [-0.39, 0.29) is 6.61 Å². The molecule has 5 aromatic rings. The number of aryl methyl sites for hydroxylation is 1. The van der Waals surface area contributed by atoms with E-state index in [0.29, 0.717) is 41.3 Å². The molecule has 7 heteroatoms. The Bertz CT molecular complexity index is 1480. The van der Waals surface area contributed by atoms with Crippen molar-refractivity contribution in [3.8, 4) is 17.4 Å². The number of β-amino-alcohol motifs (C(OH)–C–C–N with tert-alkyl or cyclic N) is 1. The standard InChI is InChI=1S/C29H29N3O4/c1-19-30-31-29(35-19)27-16-22-8-5-11-26(28(22)36-27)34-18-23(33)17-32-14-12-21(13-15-32)25-10-4-7-20-6-2-3-9-24(20)25/h2-11,16,21,23,33H,12-15,17-18H2,1H3. The van der Waals surface area contributed by atoms with Gasteiger partial charge in [0.25, 0.3) is 5.89 Å². The van der Waals surface area contributed by atoms with E-state index in [9.17, 15) is 5.11 Å². The molecule has 7 nitrogen and oxygen atoms in total. The quantitative estimate of drug-likeness (QED) is 0.324. The predicted molar refractivity (Wildman–Crippen MR) is 138 cm³/mol. The van der Waals surface area contributed by atoms with Gasteiger partial charge < -0.3 is 23.6 Å². The van der Waals surface area contributed by atoms with Crippen LogP contribution in [0.5, 0.6) is 5.75 Å². The molecule has 0 spiro atoms. The van der Waals surface area contributed by atoms with Crippen LogP contribution in [0.3, 0.4) is 0 Å². The number of benzene rings is 3. The summed E-state index contributed by atoms with van der Waals surface area (Å²) < 4.78 is 17.4. The first-order chi connectivity index (χ1) is 17.6. The molecule has 3 heterocycles. The number of aliphatic hydroxyl groups is 1. The topological polar surface area (TPSA) is 84.8 Å². The molecule has 6 rings (SSSR count). The molecule has 2 aromatic heterocycles. The first kappa shape index (κ1) is 22.8. The van der Waals surface area contributed by atoms with Crippen LogP contribution in [-0.4, -0.2) is 52.5 Å². The van der Waals surface area contributed by atoms with Crippen LogP contribution in [0, 0.1) is 6.92 Å². The number of fused-ring (bicyclic) bond motifs is 2. The van der Waals surface area contributed by atoms with Crippen LogP contribution in [0.15, 0.2) is 75.6 Å². The third-order valence-electron chi connectivity index (χ3n) is 7.00. The van der Waals surface area contributed by atoms with Gasteiger partial charge in [0.05, 0.1) is 0 Å². The van der Waals surface area contributed by atoms with E-state index in [4.69, 9.17) is 13.6 Å². The Morgan fingerprint density at radius 1 is 0.972 bits per heavy atom. The fourth-order valence-electron chi connectivity index (χ4n) is 5.22. The van der Waals surface area contributed by atoms with E-state index in [1.807, 2.05) is 24.3 Å². The minimum atomic E-state index is -0.595. The average Bonchev–Trinajstić information content (AvgIpc) is 3.54. The molecule has 0 bridgehead atoms. The molecule has 0 saturated carbocycles. The van der Waals surface area contributed by atoms with Gasteiger partial charge in [-0.15, -0.1) is 10.2 Å². The van der Waals surface area contributed by atoms with Crippen molar-refractivity contribution in [1.82, 2.24) is 15.1 Å². The summed E-state index contributed by atoms with van der Waals surface area (Å²) >= 11 is 0. The molecule has 1 N–H and O–H groups in total. The lowest BCUT2D eigenvalue weighted by Crippen LogP contribution is -2.40. The highest BCUT2D eigenvalue weighted by Gasteiger charge is 2.24. The Hall–Kier alpha value is -3.68. The van der Waals surface area contributed by atoms with Gasteiger partial charge in [-0.3, -0.25) is 0 Å². The van der Waals surface area contributed by atoms with Gasteiger partial charge in [0.15, 0.2) is 17.1 Å². The molecule has 0 aliphatic carbocycles. The average molecular weight is 484 g/mol. The first-order valence-electron chi connectivity index (χ1n) is 12.5. The molecular formula is C29H29N3O4. The van der Waals surface area contributed by atoms with Gasteiger partial charge in [-0.2, -0.15) is 0 Å². The van der Waals surface area contributed by atoms with E-state index in [0.717, 1.165) is 31.3 Å². The van der Waals surface area contributed by atoms with Crippen molar-refractivity contribution in [3.63, 3.8) is 0 Å². The maximum Gasteiger partial charge on any atom is 0.283 e. The number of nitrogens with zero attached hydrogens (tertiary/aromatic N) is 3. The summed E-state index contributed by atoms with van der Waals surface area (Å²) in [4.78, 5) is 2.33. The highest BCUT2D eigenvalue weighted by molar-refractivity contribution is 5.87. The van der Waals surface area contributed by atoms with Gasteiger partial charge in [-0.25, -0.2) is 0 Å². The second-order valence-electron chi connectivity index (χ2n) is 9.52. The number of para-hydroxylation sites is 1.